The highest BCUT2D eigenvalue weighted by atomic mass is 19.1. The van der Waals surface area contributed by atoms with Gasteiger partial charge in [0.05, 0.1) is 18.6 Å². The Bertz CT molecular complexity index is 1120. The third kappa shape index (κ3) is 4.01. The first-order chi connectivity index (χ1) is 14.1. The number of rotatable bonds is 6. The molecule has 1 N–H and O–H groups in total. The summed E-state index contributed by atoms with van der Waals surface area (Å²) in [6, 6.07) is 16.5. The summed E-state index contributed by atoms with van der Waals surface area (Å²) >= 11 is 0. The monoisotopic (exact) mass is 392 g/mol. The van der Waals surface area contributed by atoms with Crippen LogP contribution in [0.1, 0.15) is 17.5 Å². The quantitative estimate of drug-likeness (QED) is 0.529. The molecule has 2 aromatic heterocycles. The molecule has 0 bridgehead atoms. The zero-order chi connectivity index (χ0) is 20.2. The van der Waals surface area contributed by atoms with E-state index >= 15 is 0 Å². The number of ether oxygens (including phenoxy) is 1. The van der Waals surface area contributed by atoms with Crippen LogP contribution in [-0.2, 0) is 0 Å². The highest BCUT2D eigenvalue weighted by molar-refractivity contribution is 6.02. The van der Waals surface area contributed by atoms with Crippen LogP contribution in [0, 0.1) is 5.82 Å². The molecule has 1 amide bonds. The third-order valence-corrected chi connectivity index (χ3v) is 4.06. The van der Waals surface area contributed by atoms with E-state index < -0.39 is 0 Å². The van der Waals surface area contributed by atoms with Crippen molar-refractivity contribution < 1.29 is 18.3 Å². The molecule has 0 spiro atoms. The fourth-order valence-electron chi connectivity index (χ4n) is 2.76. The number of carbonyl (C=O) groups excluding carboxylic acids is 1. The number of nitrogens with one attached hydrogen (secondary N) is 1. The molecule has 29 heavy (non-hydrogen) atoms. The first-order valence-electron chi connectivity index (χ1n) is 8.95. The average Bonchev–Trinajstić information content (AvgIpc) is 3.39. The third-order valence-electron chi connectivity index (χ3n) is 4.06. The second-order valence-corrected chi connectivity index (χ2v) is 6.05. The minimum atomic E-state index is -0.369. The van der Waals surface area contributed by atoms with E-state index in [1.54, 1.807) is 53.2 Å². The minimum absolute atomic E-state index is 0.196. The molecule has 7 nitrogen and oxygen atoms in total. The summed E-state index contributed by atoms with van der Waals surface area (Å²) in [5.41, 5.74) is 1.84. The number of nitrogens with zero attached hydrogens (tertiary/aromatic N) is 3. The van der Waals surface area contributed by atoms with Gasteiger partial charge in [-0.05, 0) is 55.5 Å². The molecule has 0 fully saturated rings. The zero-order valence-corrected chi connectivity index (χ0v) is 15.5. The molecule has 146 valence electrons. The molecular formula is C21H17FN4O3. The van der Waals surface area contributed by atoms with Gasteiger partial charge < -0.3 is 14.5 Å². The fourth-order valence-corrected chi connectivity index (χ4v) is 2.76. The Balaban J connectivity index is 1.64. The number of hydrogen-bond acceptors (Lipinski definition) is 5. The Hall–Kier alpha value is -3.94. The van der Waals surface area contributed by atoms with Gasteiger partial charge in [0.1, 0.15) is 5.82 Å². The van der Waals surface area contributed by atoms with Gasteiger partial charge in [-0.3, -0.25) is 4.79 Å². The molecule has 8 heteroatoms. The highest BCUT2D eigenvalue weighted by Crippen LogP contribution is 2.25. The van der Waals surface area contributed by atoms with E-state index in [0.717, 1.165) is 0 Å². The van der Waals surface area contributed by atoms with Crippen LogP contribution >= 0.6 is 0 Å². The van der Waals surface area contributed by atoms with Gasteiger partial charge in [-0.25, -0.2) is 9.07 Å². The lowest BCUT2D eigenvalue weighted by molar-refractivity contribution is 0.0996. The number of anilines is 1. The first-order valence-corrected chi connectivity index (χ1v) is 8.95. The van der Waals surface area contributed by atoms with Gasteiger partial charge in [-0.1, -0.05) is 12.1 Å². The molecular weight excluding hydrogens is 375 g/mol. The van der Waals surface area contributed by atoms with Crippen molar-refractivity contribution >= 4 is 11.6 Å². The summed E-state index contributed by atoms with van der Waals surface area (Å²) in [6.45, 7) is 2.24. The molecule has 0 unspecified atom stereocenters. The summed E-state index contributed by atoms with van der Waals surface area (Å²) in [4.78, 5) is 16.5. The van der Waals surface area contributed by atoms with E-state index in [-0.39, 0.29) is 23.5 Å². The van der Waals surface area contributed by atoms with Crippen LogP contribution in [-0.4, -0.2) is 27.3 Å². The molecule has 0 saturated heterocycles. The van der Waals surface area contributed by atoms with E-state index in [2.05, 4.69) is 15.4 Å². The summed E-state index contributed by atoms with van der Waals surface area (Å²) in [6.07, 6.45) is 1.44. The van der Waals surface area contributed by atoms with E-state index in [0.29, 0.717) is 29.4 Å². The second kappa shape index (κ2) is 7.97. The maximum atomic E-state index is 13.7. The molecule has 4 rings (SSSR count). The highest BCUT2D eigenvalue weighted by Gasteiger charge is 2.15. The van der Waals surface area contributed by atoms with Crippen molar-refractivity contribution in [2.24, 2.45) is 0 Å². The molecule has 0 aliphatic heterocycles. The van der Waals surface area contributed by atoms with E-state index in [4.69, 9.17) is 9.15 Å². The van der Waals surface area contributed by atoms with Crippen molar-refractivity contribution in [1.82, 2.24) is 14.8 Å². The van der Waals surface area contributed by atoms with Crippen molar-refractivity contribution in [1.29, 1.82) is 0 Å². The lowest BCUT2D eigenvalue weighted by atomic mass is 10.2. The standard InChI is InChI=1S/C21H17FN4O3/c1-2-28-21-24-19(14-5-3-6-15(22)13-14)26(25-21)17-10-8-16(9-11-17)23-20(27)18-7-4-12-29-18/h3-13H,2H2,1H3,(H,23,27). The van der Waals surface area contributed by atoms with Gasteiger partial charge >= 0.3 is 6.01 Å². The van der Waals surface area contributed by atoms with Crippen molar-refractivity contribution in [2.75, 3.05) is 11.9 Å². The molecule has 0 atom stereocenters. The van der Waals surface area contributed by atoms with Crippen molar-refractivity contribution in [3.05, 3.63) is 78.5 Å². The molecule has 2 aromatic carbocycles. The number of benzene rings is 2. The molecule has 0 aliphatic carbocycles. The SMILES string of the molecule is CCOc1nc(-c2cccc(F)c2)n(-c2ccc(NC(=O)c3ccco3)cc2)n1. The van der Waals surface area contributed by atoms with Gasteiger partial charge in [0.15, 0.2) is 11.6 Å². The maximum Gasteiger partial charge on any atom is 0.336 e. The number of aromatic nitrogens is 3. The lowest BCUT2D eigenvalue weighted by Crippen LogP contribution is -2.10. The van der Waals surface area contributed by atoms with Crippen molar-refractivity contribution in [2.45, 2.75) is 6.92 Å². The summed E-state index contributed by atoms with van der Waals surface area (Å²) in [5.74, 6) is -0.0472. The summed E-state index contributed by atoms with van der Waals surface area (Å²) in [7, 11) is 0. The van der Waals surface area contributed by atoms with Crippen LogP contribution in [0.15, 0.2) is 71.3 Å². The number of amides is 1. The average molecular weight is 392 g/mol. The van der Waals surface area contributed by atoms with Gasteiger partial charge in [0.2, 0.25) is 0 Å². The predicted octanol–water partition coefficient (Wildman–Crippen LogP) is 4.32. The van der Waals surface area contributed by atoms with Crippen LogP contribution in [0.2, 0.25) is 0 Å². The number of hydrogen-bond donors (Lipinski definition) is 1. The smallest absolute Gasteiger partial charge is 0.336 e. The maximum absolute atomic E-state index is 13.7. The number of halogens is 1. The number of furan rings is 1. The Morgan fingerprint density at radius 2 is 2.00 bits per heavy atom. The minimum Gasteiger partial charge on any atom is -0.463 e. The van der Waals surface area contributed by atoms with E-state index in [1.165, 1.54) is 18.4 Å². The van der Waals surface area contributed by atoms with Gasteiger partial charge in [0, 0.05) is 11.3 Å². The topological polar surface area (TPSA) is 82.2 Å². The fraction of sp³-hybridized carbons (Fsp3) is 0.0952. The van der Waals surface area contributed by atoms with E-state index in [9.17, 15) is 9.18 Å². The molecule has 0 saturated carbocycles. The Kier molecular flexibility index (Phi) is 5.07. The Morgan fingerprint density at radius 3 is 2.69 bits per heavy atom. The molecule has 0 radical (unpaired) electrons. The van der Waals surface area contributed by atoms with Crippen LogP contribution in [0.5, 0.6) is 6.01 Å². The van der Waals surface area contributed by atoms with Crippen LogP contribution in [0.3, 0.4) is 0 Å². The van der Waals surface area contributed by atoms with E-state index in [1.807, 2.05) is 6.92 Å². The lowest BCUT2D eigenvalue weighted by Gasteiger charge is -2.08. The van der Waals surface area contributed by atoms with Crippen molar-refractivity contribution in [3.8, 4) is 23.1 Å². The normalized spacial score (nSPS) is 10.7. The van der Waals surface area contributed by atoms with Crippen LogP contribution in [0.25, 0.3) is 17.1 Å². The second-order valence-electron chi connectivity index (χ2n) is 6.05. The largest absolute Gasteiger partial charge is 0.463 e. The summed E-state index contributed by atoms with van der Waals surface area (Å²) in [5, 5.41) is 7.12. The van der Waals surface area contributed by atoms with Crippen molar-refractivity contribution in [3.63, 3.8) is 0 Å². The first kappa shape index (κ1) is 18.4. The van der Waals surface area contributed by atoms with Crippen LogP contribution in [0.4, 0.5) is 10.1 Å². The predicted molar refractivity (Wildman–Crippen MR) is 105 cm³/mol. The Morgan fingerprint density at radius 1 is 1.17 bits per heavy atom. The van der Waals surface area contributed by atoms with Gasteiger partial charge in [-0.15, -0.1) is 5.10 Å². The molecule has 4 aromatic rings. The van der Waals surface area contributed by atoms with Gasteiger partial charge in [-0.2, -0.15) is 4.98 Å². The summed E-state index contributed by atoms with van der Waals surface area (Å²) < 4.78 is 25.8. The Labute approximate surface area is 165 Å². The van der Waals surface area contributed by atoms with Crippen LogP contribution < -0.4 is 10.1 Å². The van der Waals surface area contributed by atoms with Gasteiger partial charge in [0.25, 0.3) is 5.91 Å². The molecule has 0 aliphatic rings. The number of carbonyl (C=O) groups is 1. The molecule has 2 heterocycles. The zero-order valence-electron chi connectivity index (χ0n) is 15.5.